The van der Waals surface area contributed by atoms with Gasteiger partial charge in [0.25, 0.3) is 5.91 Å². The monoisotopic (exact) mass is 345 g/mol. The Morgan fingerprint density at radius 3 is 2.64 bits per heavy atom. The number of nitrogens with zero attached hydrogens (tertiary/aromatic N) is 2. The summed E-state index contributed by atoms with van der Waals surface area (Å²) in [7, 11) is 0. The smallest absolute Gasteiger partial charge is 0.253 e. The van der Waals surface area contributed by atoms with Crippen molar-refractivity contribution in [3.8, 4) is 0 Å². The van der Waals surface area contributed by atoms with Gasteiger partial charge in [-0.25, -0.2) is 0 Å². The highest BCUT2D eigenvalue weighted by Gasteiger charge is 2.21. The highest BCUT2D eigenvalue weighted by Crippen LogP contribution is 2.25. The lowest BCUT2D eigenvalue weighted by Gasteiger charge is -2.28. The van der Waals surface area contributed by atoms with Crippen LogP contribution in [-0.4, -0.2) is 62.8 Å². The van der Waals surface area contributed by atoms with Gasteiger partial charge in [0.1, 0.15) is 0 Å². The normalized spacial score (nSPS) is 19.8. The topological polar surface area (TPSA) is 44.8 Å². The third kappa shape index (κ3) is 4.95. The first-order valence-corrected chi connectivity index (χ1v) is 9.60. The molecule has 1 aromatic rings. The fourth-order valence-electron chi connectivity index (χ4n) is 3.64. The van der Waals surface area contributed by atoms with Gasteiger partial charge in [-0.05, 0) is 45.2 Å². The van der Waals surface area contributed by atoms with Crippen LogP contribution in [-0.2, 0) is 4.74 Å². The standard InChI is InChI=1S/C20H31N3O2/c1-16-5-6-19(23-8-3-4-9-23)18(15-16)20(24)21-17(2)7-10-22-11-13-25-14-12-22/h5-6,15,17H,3-4,7-14H2,1-2H3,(H,21,24)/t17-/m1/s1. The number of amides is 1. The average molecular weight is 345 g/mol. The van der Waals surface area contributed by atoms with E-state index in [1.807, 2.05) is 13.0 Å². The molecule has 0 saturated carbocycles. The van der Waals surface area contributed by atoms with Crippen LogP contribution < -0.4 is 10.2 Å². The fourth-order valence-corrected chi connectivity index (χ4v) is 3.64. The fraction of sp³-hybridized carbons (Fsp3) is 0.650. The van der Waals surface area contributed by atoms with E-state index in [-0.39, 0.29) is 11.9 Å². The molecule has 25 heavy (non-hydrogen) atoms. The second-order valence-electron chi connectivity index (χ2n) is 7.33. The molecule has 5 nitrogen and oxygen atoms in total. The van der Waals surface area contributed by atoms with Crippen LogP contribution in [0.3, 0.4) is 0 Å². The Kier molecular flexibility index (Phi) is 6.32. The van der Waals surface area contributed by atoms with Crippen LogP contribution in [0.25, 0.3) is 0 Å². The number of morpholine rings is 1. The highest BCUT2D eigenvalue weighted by atomic mass is 16.5. The van der Waals surface area contributed by atoms with Crippen molar-refractivity contribution in [2.75, 3.05) is 50.8 Å². The van der Waals surface area contributed by atoms with Crippen LogP contribution in [0.2, 0.25) is 0 Å². The molecule has 138 valence electrons. The molecule has 3 rings (SSSR count). The first kappa shape index (κ1) is 18.2. The van der Waals surface area contributed by atoms with Gasteiger partial charge in [0, 0.05) is 44.5 Å². The summed E-state index contributed by atoms with van der Waals surface area (Å²) >= 11 is 0. The summed E-state index contributed by atoms with van der Waals surface area (Å²) in [4.78, 5) is 17.6. The minimum absolute atomic E-state index is 0.0556. The highest BCUT2D eigenvalue weighted by molar-refractivity contribution is 6.00. The van der Waals surface area contributed by atoms with E-state index in [0.717, 1.165) is 69.2 Å². The number of nitrogens with one attached hydrogen (secondary N) is 1. The summed E-state index contributed by atoms with van der Waals surface area (Å²) in [5, 5.41) is 3.20. The molecular weight excluding hydrogens is 314 g/mol. The number of ether oxygens (including phenoxy) is 1. The summed E-state index contributed by atoms with van der Waals surface area (Å²) in [6.07, 6.45) is 3.40. The summed E-state index contributed by atoms with van der Waals surface area (Å²) < 4.78 is 5.39. The molecule has 0 spiro atoms. The van der Waals surface area contributed by atoms with Gasteiger partial charge >= 0.3 is 0 Å². The van der Waals surface area contributed by atoms with Crippen LogP contribution >= 0.6 is 0 Å². The maximum atomic E-state index is 12.9. The second-order valence-corrected chi connectivity index (χ2v) is 7.33. The molecule has 0 bridgehead atoms. The zero-order valence-electron chi connectivity index (χ0n) is 15.6. The molecule has 0 radical (unpaired) electrons. The molecule has 1 aromatic carbocycles. The number of aryl methyl sites for hydroxylation is 1. The van der Waals surface area contributed by atoms with Crippen molar-refractivity contribution in [3.63, 3.8) is 0 Å². The van der Waals surface area contributed by atoms with Crippen molar-refractivity contribution >= 4 is 11.6 Å². The first-order chi connectivity index (χ1) is 12.1. The van der Waals surface area contributed by atoms with E-state index < -0.39 is 0 Å². The molecule has 0 aliphatic carbocycles. The molecule has 1 amide bonds. The Hall–Kier alpha value is -1.59. The lowest BCUT2D eigenvalue weighted by Crippen LogP contribution is -2.40. The molecule has 0 unspecified atom stereocenters. The number of rotatable bonds is 6. The molecule has 5 heteroatoms. The van der Waals surface area contributed by atoms with Gasteiger partial charge in [0.15, 0.2) is 0 Å². The number of carbonyl (C=O) groups excluding carboxylic acids is 1. The molecule has 2 fully saturated rings. The van der Waals surface area contributed by atoms with Crippen molar-refractivity contribution in [2.24, 2.45) is 0 Å². The van der Waals surface area contributed by atoms with Gasteiger partial charge in [-0.15, -0.1) is 0 Å². The predicted octanol–water partition coefficient (Wildman–Crippen LogP) is 2.44. The molecule has 2 heterocycles. The number of carbonyl (C=O) groups is 1. The quantitative estimate of drug-likeness (QED) is 0.860. The Bertz CT molecular complexity index is 578. The molecule has 0 aromatic heterocycles. The molecule has 1 N–H and O–H groups in total. The third-order valence-electron chi connectivity index (χ3n) is 5.20. The molecule has 2 aliphatic heterocycles. The maximum absolute atomic E-state index is 12.9. The van der Waals surface area contributed by atoms with Crippen LogP contribution in [0.4, 0.5) is 5.69 Å². The average Bonchev–Trinajstić information content (AvgIpc) is 3.15. The molecule has 2 aliphatic rings. The predicted molar refractivity (Wildman–Crippen MR) is 101 cm³/mol. The van der Waals surface area contributed by atoms with E-state index >= 15 is 0 Å². The zero-order valence-corrected chi connectivity index (χ0v) is 15.6. The maximum Gasteiger partial charge on any atom is 0.253 e. The molecule has 1 atom stereocenters. The van der Waals surface area contributed by atoms with E-state index in [1.54, 1.807) is 0 Å². The third-order valence-corrected chi connectivity index (χ3v) is 5.20. The minimum atomic E-state index is 0.0556. The van der Waals surface area contributed by atoms with Crippen molar-refractivity contribution in [2.45, 2.75) is 39.2 Å². The van der Waals surface area contributed by atoms with Gasteiger partial charge in [-0.2, -0.15) is 0 Å². The Balaban J connectivity index is 1.59. The van der Waals surface area contributed by atoms with Gasteiger partial charge in [-0.3, -0.25) is 9.69 Å². The Morgan fingerprint density at radius 2 is 1.92 bits per heavy atom. The lowest BCUT2D eigenvalue weighted by atomic mass is 10.1. The van der Waals surface area contributed by atoms with Gasteiger partial charge in [0.2, 0.25) is 0 Å². The van der Waals surface area contributed by atoms with E-state index in [9.17, 15) is 4.79 Å². The lowest BCUT2D eigenvalue weighted by molar-refractivity contribution is 0.0363. The van der Waals surface area contributed by atoms with Crippen LogP contribution in [0.15, 0.2) is 18.2 Å². The largest absolute Gasteiger partial charge is 0.379 e. The van der Waals surface area contributed by atoms with E-state index in [0.29, 0.717) is 0 Å². The Morgan fingerprint density at radius 1 is 1.20 bits per heavy atom. The first-order valence-electron chi connectivity index (χ1n) is 9.60. The van der Waals surface area contributed by atoms with Crippen molar-refractivity contribution in [1.82, 2.24) is 10.2 Å². The second kappa shape index (κ2) is 8.68. The van der Waals surface area contributed by atoms with Gasteiger partial charge < -0.3 is 15.0 Å². The van der Waals surface area contributed by atoms with E-state index in [2.05, 4.69) is 34.2 Å². The van der Waals surface area contributed by atoms with Crippen molar-refractivity contribution in [1.29, 1.82) is 0 Å². The van der Waals surface area contributed by atoms with Crippen molar-refractivity contribution < 1.29 is 9.53 Å². The zero-order chi connectivity index (χ0) is 17.6. The summed E-state index contributed by atoms with van der Waals surface area (Å²) in [5.41, 5.74) is 3.04. The number of benzene rings is 1. The van der Waals surface area contributed by atoms with Crippen LogP contribution in [0.1, 0.15) is 42.1 Å². The van der Waals surface area contributed by atoms with Crippen LogP contribution in [0.5, 0.6) is 0 Å². The summed E-state index contributed by atoms with van der Waals surface area (Å²) in [6.45, 7) is 10.9. The number of hydrogen-bond acceptors (Lipinski definition) is 4. The summed E-state index contributed by atoms with van der Waals surface area (Å²) in [5.74, 6) is 0.0556. The van der Waals surface area contributed by atoms with E-state index in [4.69, 9.17) is 4.74 Å². The molecule has 2 saturated heterocycles. The number of hydrogen-bond donors (Lipinski definition) is 1. The number of anilines is 1. The summed E-state index contributed by atoms with van der Waals surface area (Å²) in [6, 6.07) is 6.40. The Labute approximate surface area is 151 Å². The van der Waals surface area contributed by atoms with E-state index in [1.165, 1.54) is 12.8 Å². The molecular formula is C20H31N3O2. The minimum Gasteiger partial charge on any atom is -0.379 e. The SMILES string of the molecule is Cc1ccc(N2CCCC2)c(C(=O)N[C@H](C)CCN2CCOCC2)c1. The van der Waals surface area contributed by atoms with Gasteiger partial charge in [0.05, 0.1) is 18.8 Å². The van der Waals surface area contributed by atoms with Crippen molar-refractivity contribution in [3.05, 3.63) is 29.3 Å². The van der Waals surface area contributed by atoms with Crippen LogP contribution in [0, 0.1) is 6.92 Å². The van der Waals surface area contributed by atoms with Gasteiger partial charge in [-0.1, -0.05) is 11.6 Å².